The van der Waals surface area contributed by atoms with E-state index >= 15 is 0 Å². The number of hydrogen-bond acceptors (Lipinski definition) is 3. The second-order valence-electron chi connectivity index (χ2n) is 6.93. The summed E-state index contributed by atoms with van der Waals surface area (Å²) >= 11 is 0. The van der Waals surface area contributed by atoms with Crippen LogP contribution in [0.2, 0.25) is 0 Å². The smallest absolute Gasteiger partial charge is 0.231 e. The molecular formula is C17H23NO2. The Balaban J connectivity index is 1.29. The van der Waals surface area contributed by atoms with E-state index in [1.165, 1.54) is 37.8 Å². The van der Waals surface area contributed by atoms with E-state index in [1.807, 2.05) is 6.07 Å². The Labute approximate surface area is 120 Å². The topological polar surface area (TPSA) is 30.5 Å². The fraction of sp³-hybridized carbons (Fsp3) is 0.647. The zero-order valence-corrected chi connectivity index (χ0v) is 12.2. The van der Waals surface area contributed by atoms with Gasteiger partial charge in [-0.2, -0.15) is 0 Å². The van der Waals surface area contributed by atoms with Gasteiger partial charge in [-0.1, -0.05) is 13.0 Å². The summed E-state index contributed by atoms with van der Waals surface area (Å²) in [5, 5.41) is 3.67. The van der Waals surface area contributed by atoms with Gasteiger partial charge < -0.3 is 14.8 Å². The minimum atomic E-state index is 0.366. The molecule has 20 heavy (non-hydrogen) atoms. The lowest BCUT2D eigenvalue weighted by molar-refractivity contribution is 0.174. The van der Waals surface area contributed by atoms with E-state index in [1.54, 1.807) is 0 Å². The van der Waals surface area contributed by atoms with Crippen molar-refractivity contribution >= 4 is 0 Å². The number of aryl methyl sites for hydroxylation is 1. The molecule has 2 aliphatic carbocycles. The molecule has 1 N–H and O–H groups in total. The van der Waals surface area contributed by atoms with Crippen LogP contribution in [0, 0.1) is 11.3 Å². The van der Waals surface area contributed by atoms with Gasteiger partial charge in [0.2, 0.25) is 6.79 Å². The largest absolute Gasteiger partial charge is 0.454 e. The van der Waals surface area contributed by atoms with Gasteiger partial charge in [-0.15, -0.1) is 0 Å². The summed E-state index contributed by atoms with van der Waals surface area (Å²) in [5.41, 5.74) is 1.93. The van der Waals surface area contributed by atoms with E-state index in [-0.39, 0.29) is 0 Å². The Hall–Kier alpha value is -1.22. The van der Waals surface area contributed by atoms with E-state index in [0.717, 1.165) is 29.9 Å². The number of rotatable bonds is 6. The van der Waals surface area contributed by atoms with Gasteiger partial charge in [-0.3, -0.25) is 0 Å². The summed E-state index contributed by atoms with van der Waals surface area (Å²) in [6.45, 7) is 4.03. The Kier molecular flexibility index (Phi) is 2.92. The van der Waals surface area contributed by atoms with Crippen LogP contribution in [0.5, 0.6) is 11.5 Å². The maximum atomic E-state index is 5.45. The van der Waals surface area contributed by atoms with E-state index in [2.05, 4.69) is 24.4 Å². The molecule has 2 atom stereocenters. The van der Waals surface area contributed by atoms with Gasteiger partial charge in [0, 0.05) is 6.04 Å². The molecule has 0 amide bonds. The average Bonchev–Trinajstić information content (AvgIpc) is 3.33. The van der Waals surface area contributed by atoms with Crippen molar-refractivity contribution < 1.29 is 9.47 Å². The Bertz CT molecular complexity index is 512. The van der Waals surface area contributed by atoms with Crippen molar-refractivity contribution in [3.8, 4) is 11.5 Å². The van der Waals surface area contributed by atoms with Crippen molar-refractivity contribution in [2.24, 2.45) is 11.3 Å². The Morgan fingerprint density at radius 1 is 1.25 bits per heavy atom. The Morgan fingerprint density at radius 2 is 2.10 bits per heavy atom. The fourth-order valence-electron chi connectivity index (χ4n) is 3.25. The van der Waals surface area contributed by atoms with Crippen molar-refractivity contribution in [1.82, 2.24) is 5.32 Å². The van der Waals surface area contributed by atoms with Crippen molar-refractivity contribution in [2.75, 3.05) is 13.3 Å². The SMILES string of the molecule is CC1(CCc2ccc3c(c2)OCO3)CC1CNC1CC1. The van der Waals surface area contributed by atoms with Crippen LogP contribution in [0.25, 0.3) is 0 Å². The Morgan fingerprint density at radius 3 is 2.95 bits per heavy atom. The van der Waals surface area contributed by atoms with Crippen LogP contribution in [-0.2, 0) is 6.42 Å². The molecule has 1 aliphatic heterocycles. The highest BCUT2D eigenvalue weighted by atomic mass is 16.7. The van der Waals surface area contributed by atoms with E-state index in [4.69, 9.17) is 9.47 Å². The van der Waals surface area contributed by atoms with Gasteiger partial charge in [0.15, 0.2) is 11.5 Å². The molecule has 0 aromatic heterocycles. The summed E-state index contributed by atoms with van der Waals surface area (Å²) < 4.78 is 10.8. The lowest BCUT2D eigenvalue weighted by Gasteiger charge is -2.12. The number of benzene rings is 1. The molecule has 0 bridgehead atoms. The van der Waals surface area contributed by atoms with Crippen molar-refractivity contribution in [2.45, 2.75) is 45.1 Å². The molecule has 1 aromatic rings. The molecule has 0 saturated heterocycles. The lowest BCUT2D eigenvalue weighted by Crippen LogP contribution is -2.21. The van der Waals surface area contributed by atoms with Gasteiger partial charge in [0.1, 0.15) is 0 Å². The molecule has 2 saturated carbocycles. The van der Waals surface area contributed by atoms with Gasteiger partial charge in [-0.25, -0.2) is 0 Å². The molecule has 1 heterocycles. The molecule has 0 spiro atoms. The molecule has 2 unspecified atom stereocenters. The molecule has 3 nitrogen and oxygen atoms in total. The summed E-state index contributed by atoms with van der Waals surface area (Å²) in [7, 11) is 0. The maximum absolute atomic E-state index is 5.45. The number of fused-ring (bicyclic) bond motifs is 1. The van der Waals surface area contributed by atoms with Crippen LogP contribution in [0.3, 0.4) is 0 Å². The first-order valence-electron chi connectivity index (χ1n) is 7.85. The first-order chi connectivity index (χ1) is 9.73. The third kappa shape index (κ3) is 2.51. The second-order valence-corrected chi connectivity index (χ2v) is 6.93. The maximum Gasteiger partial charge on any atom is 0.231 e. The first kappa shape index (κ1) is 12.5. The number of nitrogens with one attached hydrogen (secondary N) is 1. The molecule has 1 aromatic carbocycles. The highest BCUT2D eigenvalue weighted by Crippen LogP contribution is 2.55. The summed E-state index contributed by atoms with van der Waals surface area (Å²) in [6.07, 6.45) is 6.59. The van der Waals surface area contributed by atoms with Crippen LogP contribution in [0.1, 0.15) is 38.2 Å². The standard InChI is InChI=1S/C17H23NO2/c1-17(9-13(17)10-18-14-3-4-14)7-6-12-2-5-15-16(8-12)20-11-19-15/h2,5,8,13-14,18H,3-4,6-7,9-11H2,1H3. The molecule has 0 radical (unpaired) electrons. The number of hydrogen-bond donors (Lipinski definition) is 1. The van der Waals surface area contributed by atoms with Gasteiger partial charge in [-0.05, 0) is 67.7 Å². The zero-order valence-electron chi connectivity index (χ0n) is 12.2. The fourth-order valence-corrected chi connectivity index (χ4v) is 3.25. The van der Waals surface area contributed by atoms with E-state index in [9.17, 15) is 0 Å². The summed E-state index contributed by atoms with van der Waals surface area (Å²) in [4.78, 5) is 0. The predicted molar refractivity (Wildman–Crippen MR) is 78.1 cm³/mol. The molecule has 2 fully saturated rings. The van der Waals surface area contributed by atoms with E-state index < -0.39 is 0 Å². The van der Waals surface area contributed by atoms with Crippen LogP contribution in [0.15, 0.2) is 18.2 Å². The second kappa shape index (κ2) is 4.66. The third-order valence-corrected chi connectivity index (χ3v) is 5.19. The molecule has 3 aliphatic rings. The van der Waals surface area contributed by atoms with Crippen LogP contribution in [-0.4, -0.2) is 19.4 Å². The summed E-state index contributed by atoms with van der Waals surface area (Å²) in [6, 6.07) is 7.20. The minimum Gasteiger partial charge on any atom is -0.454 e. The van der Waals surface area contributed by atoms with Crippen LogP contribution >= 0.6 is 0 Å². The third-order valence-electron chi connectivity index (χ3n) is 5.19. The van der Waals surface area contributed by atoms with Crippen molar-refractivity contribution in [1.29, 1.82) is 0 Å². The van der Waals surface area contributed by atoms with Gasteiger partial charge in [0.05, 0.1) is 0 Å². The first-order valence-corrected chi connectivity index (χ1v) is 7.85. The summed E-state index contributed by atoms with van der Waals surface area (Å²) in [5.74, 6) is 2.69. The average molecular weight is 273 g/mol. The van der Waals surface area contributed by atoms with Crippen LogP contribution in [0.4, 0.5) is 0 Å². The molecule has 4 rings (SSSR count). The normalized spacial score (nSPS) is 30.6. The van der Waals surface area contributed by atoms with Crippen LogP contribution < -0.4 is 14.8 Å². The zero-order chi connectivity index (χ0) is 13.6. The molecule has 108 valence electrons. The van der Waals surface area contributed by atoms with Gasteiger partial charge in [0.25, 0.3) is 0 Å². The molecular weight excluding hydrogens is 250 g/mol. The minimum absolute atomic E-state index is 0.366. The highest BCUT2D eigenvalue weighted by molar-refractivity contribution is 5.44. The number of ether oxygens (including phenoxy) is 2. The monoisotopic (exact) mass is 273 g/mol. The van der Waals surface area contributed by atoms with Gasteiger partial charge >= 0.3 is 0 Å². The van der Waals surface area contributed by atoms with Crippen molar-refractivity contribution in [3.05, 3.63) is 23.8 Å². The predicted octanol–water partition coefficient (Wildman–Crippen LogP) is 3.13. The van der Waals surface area contributed by atoms with Crippen molar-refractivity contribution in [3.63, 3.8) is 0 Å². The highest BCUT2D eigenvalue weighted by Gasteiger charge is 2.49. The quantitative estimate of drug-likeness (QED) is 0.864. The van der Waals surface area contributed by atoms with E-state index in [0.29, 0.717) is 12.2 Å². The molecule has 3 heteroatoms. The lowest BCUT2D eigenvalue weighted by atomic mass is 9.96.